The summed E-state index contributed by atoms with van der Waals surface area (Å²) in [6.07, 6.45) is 3.25. The summed E-state index contributed by atoms with van der Waals surface area (Å²) in [4.78, 5) is 1.60. The molecule has 0 atom stereocenters. The highest BCUT2D eigenvalue weighted by Crippen LogP contribution is 2.09. The van der Waals surface area contributed by atoms with Gasteiger partial charge in [-0.25, -0.2) is 0 Å². The Hall–Kier alpha value is -0.820. The Morgan fingerprint density at radius 1 is 1.27 bits per heavy atom. The number of ether oxygens (including phenoxy) is 1. The summed E-state index contributed by atoms with van der Waals surface area (Å²) in [7, 11) is 0. The molecule has 0 unspecified atom stereocenters. The average Bonchev–Trinajstić information content (AvgIpc) is 2.54. The maximum Gasteiger partial charge on any atom is 0.170 e. The first-order valence-corrected chi connectivity index (χ1v) is 9.62. The molecule has 1 aliphatic heterocycles. The smallest absolute Gasteiger partial charge is 0.170 e. The number of benzene rings is 1. The van der Waals surface area contributed by atoms with Gasteiger partial charge in [-0.2, -0.15) is 11.8 Å². The molecule has 1 fully saturated rings. The number of rotatable bonds is 7. The maximum atomic E-state index is 5.39. The molecule has 122 valence electrons. The summed E-state index contributed by atoms with van der Waals surface area (Å²) in [5.74, 6) is 1.16. The molecule has 22 heavy (non-hydrogen) atoms. The van der Waals surface area contributed by atoms with Crippen LogP contribution in [0, 0.1) is 0 Å². The highest BCUT2D eigenvalue weighted by atomic mass is 32.2. The molecule has 1 heterocycles. The molecular weight excluding hydrogens is 314 g/mol. The first kappa shape index (κ1) is 17.5. The van der Waals surface area contributed by atoms with Gasteiger partial charge in [0.1, 0.15) is 19.6 Å². The predicted molar refractivity (Wildman–Crippen MR) is 98.9 cm³/mol. The van der Waals surface area contributed by atoms with Crippen LogP contribution in [-0.4, -0.2) is 50.0 Å². The lowest BCUT2D eigenvalue weighted by Gasteiger charge is -2.23. The highest BCUT2D eigenvalue weighted by molar-refractivity contribution is 7.98. The second-order valence-corrected chi connectivity index (χ2v) is 6.86. The third kappa shape index (κ3) is 6.52. The molecule has 1 aromatic rings. The van der Waals surface area contributed by atoms with E-state index in [4.69, 9.17) is 17.0 Å². The van der Waals surface area contributed by atoms with E-state index in [9.17, 15) is 0 Å². The third-order valence-electron chi connectivity index (χ3n) is 3.68. The van der Waals surface area contributed by atoms with Crippen LogP contribution in [0.25, 0.3) is 0 Å². The van der Waals surface area contributed by atoms with Crippen molar-refractivity contribution in [3.8, 4) is 0 Å². The molecular formula is C16H26N3OS2+. The first-order chi connectivity index (χ1) is 10.8. The molecule has 1 saturated heterocycles. The van der Waals surface area contributed by atoms with Gasteiger partial charge in [-0.3, -0.25) is 0 Å². The van der Waals surface area contributed by atoms with Crippen LogP contribution in [0.3, 0.4) is 0 Å². The largest absolute Gasteiger partial charge is 0.370 e. The first-order valence-electron chi connectivity index (χ1n) is 7.82. The van der Waals surface area contributed by atoms with Crippen LogP contribution in [0.5, 0.6) is 0 Å². The zero-order valence-electron chi connectivity index (χ0n) is 13.2. The van der Waals surface area contributed by atoms with Crippen LogP contribution in [-0.2, 0) is 11.3 Å². The Morgan fingerprint density at radius 3 is 2.68 bits per heavy atom. The van der Waals surface area contributed by atoms with Crippen LogP contribution in [0.4, 0.5) is 5.69 Å². The monoisotopic (exact) mass is 340 g/mol. The van der Waals surface area contributed by atoms with Crippen molar-refractivity contribution < 1.29 is 9.64 Å². The Morgan fingerprint density at radius 2 is 2.00 bits per heavy atom. The topological polar surface area (TPSA) is 37.7 Å². The van der Waals surface area contributed by atoms with Crippen molar-refractivity contribution in [1.82, 2.24) is 5.32 Å². The number of hydrogen-bond acceptors (Lipinski definition) is 3. The number of hydrogen-bond donors (Lipinski definition) is 3. The standard InChI is InChI=1S/C16H25N3OS2/c1-22-12-2-7-17-16(21)18-15-5-3-14(4-6-15)13-19-8-10-20-11-9-19/h3-6H,2,7-13H2,1H3,(H2,17,18,21)/p+1. The molecule has 0 aromatic heterocycles. The van der Waals surface area contributed by atoms with Crippen LogP contribution in [0.2, 0.25) is 0 Å². The minimum Gasteiger partial charge on any atom is -0.370 e. The maximum absolute atomic E-state index is 5.39. The van der Waals surface area contributed by atoms with Crippen LogP contribution in [0.1, 0.15) is 12.0 Å². The van der Waals surface area contributed by atoms with Gasteiger partial charge in [0.2, 0.25) is 0 Å². The lowest BCUT2D eigenvalue weighted by Crippen LogP contribution is -3.12. The molecule has 1 aromatic carbocycles. The molecule has 0 radical (unpaired) electrons. The molecule has 2 rings (SSSR count). The van der Waals surface area contributed by atoms with Crippen molar-refractivity contribution in [3.63, 3.8) is 0 Å². The van der Waals surface area contributed by atoms with Crippen molar-refractivity contribution >= 4 is 34.8 Å². The van der Waals surface area contributed by atoms with Crippen LogP contribution >= 0.6 is 24.0 Å². The van der Waals surface area contributed by atoms with Crippen LogP contribution < -0.4 is 15.5 Å². The molecule has 0 bridgehead atoms. The lowest BCUT2D eigenvalue weighted by molar-refractivity contribution is -0.921. The van der Waals surface area contributed by atoms with E-state index in [-0.39, 0.29) is 0 Å². The summed E-state index contributed by atoms with van der Waals surface area (Å²) < 4.78 is 5.39. The minimum atomic E-state index is 0.702. The van der Waals surface area contributed by atoms with E-state index < -0.39 is 0 Å². The summed E-state index contributed by atoms with van der Waals surface area (Å²) in [6.45, 7) is 5.96. The minimum absolute atomic E-state index is 0.702. The fourth-order valence-electron chi connectivity index (χ4n) is 2.43. The summed E-state index contributed by atoms with van der Waals surface area (Å²) in [5, 5.41) is 7.17. The Balaban J connectivity index is 1.72. The van der Waals surface area contributed by atoms with Gasteiger partial charge in [0.15, 0.2) is 5.11 Å². The van der Waals surface area contributed by atoms with E-state index in [1.807, 2.05) is 11.8 Å². The Kier molecular flexibility index (Phi) is 8.01. The van der Waals surface area contributed by atoms with E-state index in [2.05, 4.69) is 41.2 Å². The van der Waals surface area contributed by atoms with Gasteiger partial charge in [0, 0.05) is 17.8 Å². The second kappa shape index (κ2) is 10.0. The van der Waals surface area contributed by atoms with E-state index in [0.29, 0.717) is 5.11 Å². The van der Waals surface area contributed by atoms with E-state index >= 15 is 0 Å². The fourth-order valence-corrected chi connectivity index (χ4v) is 3.08. The van der Waals surface area contributed by atoms with Gasteiger partial charge >= 0.3 is 0 Å². The SMILES string of the molecule is CSCCCNC(=S)Nc1ccc(C[NH+]2CCOCC2)cc1. The van der Waals surface area contributed by atoms with E-state index in [0.717, 1.165) is 57.3 Å². The number of nitrogens with one attached hydrogen (secondary N) is 3. The zero-order chi connectivity index (χ0) is 15.6. The second-order valence-electron chi connectivity index (χ2n) is 5.46. The van der Waals surface area contributed by atoms with E-state index in [1.54, 1.807) is 4.90 Å². The highest BCUT2D eigenvalue weighted by Gasteiger charge is 2.13. The van der Waals surface area contributed by atoms with Gasteiger partial charge in [-0.15, -0.1) is 0 Å². The van der Waals surface area contributed by atoms with Crippen molar-refractivity contribution in [2.45, 2.75) is 13.0 Å². The normalized spacial score (nSPS) is 15.5. The van der Waals surface area contributed by atoms with Crippen molar-refractivity contribution in [1.29, 1.82) is 0 Å². The van der Waals surface area contributed by atoms with Crippen molar-refractivity contribution in [2.24, 2.45) is 0 Å². The molecule has 4 nitrogen and oxygen atoms in total. The summed E-state index contributed by atoms with van der Waals surface area (Å²) >= 11 is 7.16. The number of morpholine rings is 1. The Labute approximate surface area is 143 Å². The summed E-state index contributed by atoms with van der Waals surface area (Å²) in [6, 6.07) is 8.57. The van der Waals surface area contributed by atoms with Crippen LogP contribution in [0.15, 0.2) is 24.3 Å². The molecule has 3 N–H and O–H groups in total. The number of anilines is 1. The van der Waals surface area contributed by atoms with Gasteiger partial charge in [0.25, 0.3) is 0 Å². The predicted octanol–water partition coefficient (Wildman–Crippen LogP) is 1.14. The van der Waals surface area contributed by atoms with Gasteiger partial charge in [0.05, 0.1) is 13.2 Å². The third-order valence-corrected chi connectivity index (χ3v) is 4.62. The molecule has 0 saturated carbocycles. The molecule has 0 aliphatic carbocycles. The number of thioether (sulfide) groups is 1. The average molecular weight is 341 g/mol. The fraction of sp³-hybridized carbons (Fsp3) is 0.562. The molecule has 0 spiro atoms. The van der Waals surface area contributed by atoms with E-state index in [1.165, 1.54) is 5.56 Å². The zero-order valence-corrected chi connectivity index (χ0v) is 14.8. The Bertz CT molecular complexity index is 447. The van der Waals surface area contributed by atoms with Crippen molar-refractivity contribution in [3.05, 3.63) is 29.8 Å². The van der Waals surface area contributed by atoms with Crippen molar-refractivity contribution in [2.75, 3.05) is 50.2 Å². The quantitative estimate of drug-likeness (QED) is 0.513. The molecule has 1 aliphatic rings. The lowest BCUT2D eigenvalue weighted by atomic mass is 10.2. The number of thiocarbonyl (C=S) groups is 1. The van der Waals surface area contributed by atoms with Gasteiger partial charge in [-0.1, -0.05) is 12.1 Å². The molecule has 6 heteroatoms. The number of quaternary nitrogens is 1. The molecule has 0 amide bonds. The summed E-state index contributed by atoms with van der Waals surface area (Å²) in [5.41, 5.74) is 2.41. The van der Waals surface area contributed by atoms with Gasteiger partial charge < -0.3 is 20.3 Å². The van der Waals surface area contributed by atoms with Gasteiger partial charge in [-0.05, 0) is 42.8 Å².